The first kappa shape index (κ1) is 16.9. The number of carbonyl (C=O) groups excluding carboxylic acids is 1. The van der Waals surface area contributed by atoms with Gasteiger partial charge in [-0.05, 0) is 36.4 Å². The van der Waals surface area contributed by atoms with Crippen molar-refractivity contribution in [3.05, 3.63) is 60.9 Å². The fourth-order valence-corrected chi connectivity index (χ4v) is 4.29. The van der Waals surface area contributed by atoms with Gasteiger partial charge < -0.3 is 20.3 Å². The molecule has 1 saturated heterocycles. The van der Waals surface area contributed by atoms with E-state index in [2.05, 4.69) is 32.7 Å². The molecule has 2 heterocycles. The van der Waals surface area contributed by atoms with E-state index in [1.807, 2.05) is 36.4 Å². The molecule has 0 radical (unpaired) electrons. The number of urea groups is 1. The predicted octanol–water partition coefficient (Wildman–Crippen LogP) is 3.50. The van der Waals surface area contributed by atoms with Crippen LogP contribution in [-0.2, 0) is 0 Å². The van der Waals surface area contributed by atoms with Crippen LogP contribution < -0.4 is 20.3 Å². The lowest BCUT2D eigenvalue weighted by atomic mass is 10.1. The molecule has 2 aliphatic rings. The second-order valence-electron chi connectivity index (χ2n) is 7.46. The summed E-state index contributed by atoms with van der Waals surface area (Å²) in [6.45, 7) is 1.95. The summed E-state index contributed by atoms with van der Waals surface area (Å²) in [5.74, 6) is 1.91. The Morgan fingerprint density at radius 3 is 2.64 bits per heavy atom. The van der Waals surface area contributed by atoms with E-state index in [0.717, 1.165) is 35.3 Å². The van der Waals surface area contributed by atoms with Gasteiger partial charge in [-0.2, -0.15) is 0 Å². The number of aromatic nitrogens is 1. The maximum absolute atomic E-state index is 12.5. The first-order valence-corrected chi connectivity index (χ1v) is 9.52. The molecule has 1 saturated carbocycles. The molecule has 2 unspecified atom stereocenters. The zero-order valence-electron chi connectivity index (χ0n) is 15.6. The summed E-state index contributed by atoms with van der Waals surface area (Å²) in [5, 5.41) is 8.15. The quantitative estimate of drug-likeness (QED) is 0.734. The first-order valence-electron chi connectivity index (χ1n) is 9.52. The lowest BCUT2D eigenvalue weighted by Gasteiger charge is -2.22. The van der Waals surface area contributed by atoms with Crippen LogP contribution in [0.1, 0.15) is 0 Å². The summed E-state index contributed by atoms with van der Waals surface area (Å²) in [5.41, 5.74) is 2.02. The molecule has 2 amide bonds. The molecule has 2 aromatic carbocycles. The third kappa shape index (κ3) is 3.01. The molecule has 6 nitrogen and oxygen atoms in total. The van der Waals surface area contributed by atoms with Gasteiger partial charge >= 0.3 is 6.03 Å². The summed E-state index contributed by atoms with van der Waals surface area (Å²) in [7, 11) is 1.68. The Balaban J connectivity index is 1.18. The van der Waals surface area contributed by atoms with Crippen LogP contribution in [0, 0.1) is 11.8 Å². The van der Waals surface area contributed by atoms with Crippen LogP contribution in [0.4, 0.5) is 16.2 Å². The van der Waals surface area contributed by atoms with Crippen LogP contribution in [0.2, 0.25) is 0 Å². The van der Waals surface area contributed by atoms with Gasteiger partial charge in [0.2, 0.25) is 0 Å². The van der Waals surface area contributed by atoms with E-state index in [9.17, 15) is 4.79 Å². The van der Waals surface area contributed by atoms with Crippen LogP contribution in [0.5, 0.6) is 5.75 Å². The summed E-state index contributed by atoms with van der Waals surface area (Å²) >= 11 is 0. The normalized spacial score (nSPS) is 22.6. The Labute approximate surface area is 163 Å². The molecule has 28 heavy (non-hydrogen) atoms. The number of nitrogens with zero attached hydrogens (tertiary/aromatic N) is 2. The fourth-order valence-electron chi connectivity index (χ4n) is 4.29. The largest absolute Gasteiger partial charge is 0.497 e. The molecule has 1 aliphatic heterocycles. The molecular weight excluding hydrogens is 352 g/mol. The lowest BCUT2D eigenvalue weighted by Crippen LogP contribution is -2.37. The van der Waals surface area contributed by atoms with Crippen molar-refractivity contribution in [3.8, 4) is 5.75 Å². The SMILES string of the molecule is COc1ccc(N2CC3C(C2)C3NC(=O)Nc2cccc3cnccc23)cc1. The number of fused-ring (bicyclic) bond motifs is 2. The number of methoxy groups -OCH3 is 1. The molecular formula is C22H22N4O2. The second kappa shape index (κ2) is 6.71. The highest BCUT2D eigenvalue weighted by Crippen LogP contribution is 2.47. The number of hydrogen-bond donors (Lipinski definition) is 2. The maximum atomic E-state index is 12.5. The molecule has 2 fully saturated rings. The highest BCUT2D eigenvalue weighted by Gasteiger charge is 2.56. The van der Waals surface area contributed by atoms with Gasteiger partial charge in [-0.1, -0.05) is 12.1 Å². The molecule has 2 N–H and O–H groups in total. The molecule has 1 aromatic heterocycles. The van der Waals surface area contributed by atoms with E-state index in [-0.39, 0.29) is 12.1 Å². The average molecular weight is 374 g/mol. The summed E-state index contributed by atoms with van der Waals surface area (Å²) in [6, 6.07) is 16.0. The van der Waals surface area contributed by atoms with E-state index >= 15 is 0 Å². The fraction of sp³-hybridized carbons (Fsp3) is 0.273. The van der Waals surface area contributed by atoms with Gasteiger partial charge in [0.25, 0.3) is 0 Å². The Hall–Kier alpha value is -3.28. The van der Waals surface area contributed by atoms with E-state index < -0.39 is 0 Å². The van der Waals surface area contributed by atoms with Crippen LogP contribution >= 0.6 is 0 Å². The third-order valence-electron chi connectivity index (χ3n) is 5.86. The molecule has 142 valence electrons. The predicted molar refractivity (Wildman–Crippen MR) is 110 cm³/mol. The number of benzene rings is 2. The van der Waals surface area contributed by atoms with Crippen molar-refractivity contribution < 1.29 is 9.53 Å². The number of hydrogen-bond acceptors (Lipinski definition) is 4. The number of anilines is 2. The number of rotatable bonds is 4. The number of nitrogens with one attached hydrogen (secondary N) is 2. The van der Waals surface area contributed by atoms with E-state index in [0.29, 0.717) is 11.8 Å². The summed E-state index contributed by atoms with van der Waals surface area (Å²) < 4.78 is 5.22. The minimum absolute atomic E-state index is 0.139. The highest BCUT2D eigenvalue weighted by atomic mass is 16.5. The first-order chi connectivity index (χ1) is 13.7. The van der Waals surface area contributed by atoms with Crippen molar-refractivity contribution in [2.45, 2.75) is 6.04 Å². The molecule has 6 heteroatoms. The molecule has 2 atom stereocenters. The van der Waals surface area contributed by atoms with Gasteiger partial charge in [-0.15, -0.1) is 0 Å². The standard InChI is InChI=1S/C22H22N4O2/c1-28-16-7-5-15(6-8-16)26-12-18-19(13-26)21(18)25-22(27)24-20-4-2-3-14-11-23-10-9-17(14)20/h2-11,18-19,21H,12-13H2,1H3,(H2,24,25,27). The summed E-state index contributed by atoms with van der Waals surface area (Å²) in [4.78, 5) is 19.0. The highest BCUT2D eigenvalue weighted by molar-refractivity contribution is 6.01. The van der Waals surface area contributed by atoms with Crippen LogP contribution in [0.15, 0.2) is 60.9 Å². The van der Waals surface area contributed by atoms with E-state index in [1.54, 1.807) is 19.5 Å². The van der Waals surface area contributed by atoms with E-state index in [1.165, 1.54) is 5.69 Å². The molecule has 1 aliphatic carbocycles. The van der Waals surface area contributed by atoms with E-state index in [4.69, 9.17) is 4.74 Å². The van der Waals surface area contributed by atoms with Crippen molar-refractivity contribution in [1.82, 2.24) is 10.3 Å². The Morgan fingerprint density at radius 2 is 1.89 bits per heavy atom. The van der Waals surface area contributed by atoms with Crippen LogP contribution in [-0.4, -0.2) is 37.3 Å². The number of piperidine rings is 1. The van der Waals surface area contributed by atoms with Gasteiger partial charge in [-0.3, -0.25) is 4.98 Å². The second-order valence-corrected chi connectivity index (χ2v) is 7.46. The van der Waals surface area contributed by atoms with Crippen molar-refractivity contribution >= 4 is 28.2 Å². The molecule has 0 spiro atoms. The molecule has 3 aromatic rings. The van der Waals surface area contributed by atoms with Gasteiger partial charge in [0.15, 0.2) is 0 Å². The topological polar surface area (TPSA) is 66.5 Å². The number of pyridine rings is 1. The maximum Gasteiger partial charge on any atom is 0.319 e. The van der Waals surface area contributed by atoms with Crippen molar-refractivity contribution in [1.29, 1.82) is 0 Å². The van der Waals surface area contributed by atoms with Crippen LogP contribution in [0.3, 0.4) is 0 Å². The van der Waals surface area contributed by atoms with Gasteiger partial charge in [0.1, 0.15) is 5.75 Å². The van der Waals surface area contributed by atoms with Crippen molar-refractivity contribution in [2.24, 2.45) is 11.8 Å². The van der Waals surface area contributed by atoms with Gasteiger partial charge in [0.05, 0.1) is 12.8 Å². The van der Waals surface area contributed by atoms with Gasteiger partial charge in [-0.25, -0.2) is 4.79 Å². The lowest BCUT2D eigenvalue weighted by molar-refractivity contribution is 0.250. The van der Waals surface area contributed by atoms with Crippen molar-refractivity contribution in [2.75, 3.05) is 30.4 Å². The monoisotopic (exact) mass is 374 g/mol. The zero-order chi connectivity index (χ0) is 19.1. The molecule has 5 rings (SSSR count). The number of ether oxygens (including phenoxy) is 1. The number of carbonyl (C=O) groups is 1. The number of amides is 2. The Bertz CT molecular complexity index is 1000. The smallest absolute Gasteiger partial charge is 0.319 e. The van der Waals surface area contributed by atoms with Crippen molar-refractivity contribution in [3.63, 3.8) is 0 Å². The molecule has 0 bridgehead atoms. The summed E-state index contributed by atoms with van der Waals surface area (Å²) in [6.07, 6.45) is 3.54. The Morgan fingerprint density at radius 1 is 1.11 bits per heavy atom. The average Bonchev–Trinajstić information content (AvgIpc) is 3.16. The minimum atomic E-state index is -0.139. The van der Waals surface area contributed by atoms with Gasteiger partial charge in [0, 0.05) is 59.8 Å². The third-order valence-corrected chi connectivity index (χ3v) is 5.86. The zero-order valence-corrected chi connectivity index (χ0v) is 15.6. The van der Waals surface area contributed by atoms with Crippen LogP contribution in [0.25, 0.3) is 10.8 Å². The minimum Gasteiger partial charge on any atom is -0.497 e. The Kier molecular flexibility index (Phi) is 4.04.